The monoisotopic (exact) mass is 199 g/mol. The summed E-state index contributed by atoms with van der Waals surface area (Å²) >= 11 is 0. The molecule has 2 fully saturated rings. The first-order chi connectivity index (χ1) is 6.24. The molecule has 1 heterocycles. The van der Waals surface area contributed by atoms with Crippen LogP contribution in [0.1, 0.15) is 33.6 Å². The van der Waals surface area contributed by atoms with Crippen molar-refractivity contribution in [1.29, 1.82) is 0 Å². The minimum atomic E-state index is 0. The van der Waals surface area contributed by atoms with Crippen molar-refractivity contribution < 1.29 is 4.74 Å². The van der Waals surface area contributed by atoms with E-state index in [0.717, 1.165) is 11.8 Å². The van der Waals surface area contributed by atoms with Crippen LogP contribution in [0.15, 0.2) is 0 Å². The standard InChI is InChI=1S/C11H21NO.CH4/c1-8(13-3)11-10-6-4-5-9(10)7-12(11)2;/h8-11H,4-7H2,1-3H3;1H4/t8?,9?,10-,11?;/m0./s1. The van der Waals surface area contributed by atoms with Crippen LogP contribution in [-0.4, -0.2) is 37.7 Å². The highest BCUT2D eigenvalue weighted by atomic mass is 16.5. The van der Waals surface area contributed by atoms with Gasteiger partial charge in [-0.1, -0.05) is 13.8 Å². The van der Waals surface area contributed by atoms with Gasteiger partial charge in [0.1, 0.15) is 0 Å². The number of rotatable bonds is 2. The summed E-state index contributed by atoms with van der Waals surface area (Å²) in [6.07, 6.45) is 4.71. The van der Waals surface area contributed by atoms with Gasteiger partial charge in [-0.25, -0.2) is 0 Å². The van der Waals surface area contributed by atoms with Crippen LogP contribution in [0.3, 0.4) is 0 Å². The van der Waals surface area contributed by atoms with E-state index >= 15 is 0 Å². The number of fused-ring (bicyclic) bond motifs is 1. The van der Waals surface area contributed by atoms with E-state index in [1.807, 2.05) is 7.11 Å². The highest BCUT2D eigenvalue weighted by molar-refractivity contribution is 4.97. The molecule has 1 saturated heterocycles. The fraction of sp³-hybridized carbons (Fsp3) is 1.00. The number of likely N-dealkylation sites (tertiary alicyclic amines) is 1. The molecule has 2 rings (SSSR count). The molecule has 0 spiro atoms. The Labute approximate surface area is 88.6 Å². The Morgan fingerprint density at radius 1 is 1.36 bits per heavy atom. The lowest BCUT2D eigenvalue weighted by molar-refractivity contribution is 0.0362. The molecule has 2 aliphatic rings. The molecule has 3 unspecified atom stereocenters. The molecule has 0 amide bonds. The van der Waals surface area contributed by atoms with Gasteiger partial charge < -0.3 is 9.64 Å². The number of methoxy groups -OCH3 is 1. The van der Waals surface area contributed by atoms with Crippen LogP contribution in [0.4, 0.5) is 0 Å². The highest BCUT2D eigenvalue weighted by Crippen LogP contribution is 2.42. The van der Waals surface area contributed by atoms with Gasteiger partial charge in [-0.3, -0.25) is 0 Å². The Balaban J connectivity index is 0.000000980. The molecule has 0 bridgehead atoms. The second-order valence-corrected chi connectivity index (χ2v) is 4.73. The van der Waals surface area contributed by atoms with E-state index in [9.17, 15) is 0 Å². The van der Waals surface area contributed by atoms with E-state index < -0.39 is 0 Å². The van der Waals surface area contributed by atoms with Gasteiger partial charge in [0, 0.05) is 19.7 Å². The molecule has 1 saturated carbocycles. The average Bonchev–Trinajstić information content (AvgIpc) is 2.62. The van der Waals surface area contributed by atoms with Crippen LogP contribution in [0.2, 0.25) is 0 Å². The third-order valence-corrected chi connectivity index (χ3v) is 4.04. The van der Waals surface area contributed by atoms with Crippen LogP contribution in [0, 0.1) is 11.8 Å². The van der Waals surface area contributed by atoms with E-state index in [0.29, 0.717) is 12.1 Å². The molecule has 0 aromatic carbocycles. The summed E-state index contributed by atoms with van der Waals surface area (Å²) in [5, 5.41) is 0. The molecular weight excluding hydrogens is 174 g/mol. The van der Waals surface area contributed by atoms with Gasteiger partial charge >= 0.3 is 0 Å². The molecule has 2 heteroatoms. The lowest BCUT2D eigenvalue weighted by Crippen LogP contribution is -2.39. The molecule has 0 radical (unpaired) electrons. The van der Waals surface area contributed by atoms with Gasteiger partial charge in [-0.15, -0.1) is 0 Å². The van der Waals surface area contributed by atoms with Crippen molar-refractivity contribution in [1.82, 2.24) is 4.90 Å². The predicted molar refractivity (Wildman–Crippen MR) is 60.5 cm³/mol. The maximum Gasteiger partial charge on any atom is 0.0701 e. The topological polar surface area (TPSA) is 12.5 Å². The van der Waals surface area contributed by atoms with Crippen molar-refractivity contribution in [3.63, 3.8) is 0 Å². The Morgan fingerprint density at radius 3 is 2.71 bits per heavy atom. The zero-order chi connectivity index (χ0) is 9.42. The van der Waals surface area contributed by atoms with Crippen LogP contribution < -0.4 is 0 Å². The largest absolute Gasteiger partial charge is 0.380 e. The summed E-state index contributed by atoms with van der Waals surface area (Å²) in [5.74, 6) is 1.88. The van der Waals surface area contributed by atoms with Crippen molar-refractivity contribution >= 4 is 0 Å². The summed E-state index contributed by atoms with van der Waals surface area (Å²) in [6, 6.07) is 0.678. The van der Waals surface area contributed by atoms with Crippen LogP contribution in [-0.2, 0) is 4.74 Å². The van der Waals surface area contributed by atoms with Crippen molar-refractivity contribution in [3.05, 3.63) is 0 Å². The first-order valence-electron chi connectivity index (χ1n) is 5.47. The Hall–Kier alpha value is -0.0800. The molecule has 0 N–H and O–H groups in total. The van der Waals surface area contributed by atoms with Gasteiger partial charge in [0.25, 0.3) is 0 Å². The minimum absolute atomic E-state index is 0. The Kier molecular flexibility index (Phi) is 3.96. The van der Waals surface area contributed by atoms with E-state index in [4.69, 9.17) is 4.74 Å². The third kappa shape index (κ3) is 1.82. The maximum absolute atomic E-state index is 5.47. The number of hydrogen-bond acceptors (Lipinski definition) is 2. The summed E-state index contributed by atoms with van der Waals surface area (Å²) < 4.78 is 5.47. The van der Waals surface area contributed by atoms with E-state index in [1.165, 1.54) is 25.8 Å². The van der Waals surface area contributed by atoms with Crippen LogP contribution in [0.25, 0.3) is 0 Å². The van der Waals surface area contributed by atoms with Gasteiger partial charge in [0.15, 0.2) is 0 Å². The zero-order valence-electron chi connectivity index (χ0n) is 8.99. The molecule has 84 valence electrons. The van der Waals surface area contributed by atoms with E-state index in [1.54, 1.807) is 0 Å². The van der Waals surface area contributed by atoms with Crippen molar-refractivity contribution in [2.75, 3.05) is 20.7 Å². The van der Waals surface area contributed by atoms with Gasteiger partial charge in [0.05, 0.1) is 6.10 Å². The SMILES string of the molecule is C.COC(C)C1[C@H]2CCCC2CN1C. The summed E-state index contributed by atoms with van der Waals surface area (Å²) in [7, 11) is 4.08. The fourth-order valence-corrected chi connectivity index (χ4v) is 3.41. The van der Waals surface area contributed by atoms with Crippen molar-refractivity contribution in [2.24, 2.45) is 11.8 Å². The van der Waals surface area contributed by atoms with E-state index in [-0.39, 0.29) is 7.43 Å². The fourth-order valence-electron chi connectivity index (χ4n) is 3.41. The summed E-state index contributed by atoms with van der Waals surface area (Å²) in [4.78, 5) is 2.50. The second kappa shape index (κ2) is 4.63. The molecular formula is C12H25NO. The Bertz CT molecular complexity index is 179. The second-order valence-electron chi connectivity index (χ2n) is 4.73. The number of likely N-dealkylation sites (N-methyl/N-ethyl adjacent to an activating group) is 1. The zero-order valence-corrected chi connectivity index (χ0v) is 8.99. The lowest BCUT2D eigenvalue weighted by Gasteiger charge is -2.29. The first-order valence-corrected chi connectivity index (χ1v) is 5.47. The molecule has 14 heavy (non-hydrogen) atoms. The van der Waals surface area contributed by atoms with Gasteiger partial charge in [-0.2, -0.15) is 0 Å². The molecule has 1 aliphatic heterocycles. The molecule has 4 atom stereocenters. The molecule has 0 aromatic heterocycles. The van der Waals surface area contributed by atoms with Gasteiger partial charge in [0.2, 0.25) is 0 Å². The van der Waals surface area contributed by atoms with E-state index in [2.05, 4.69) is 18.9 Å². The van der Waals surface area contributed by atoms with Crippen LogP contribution in [0.5, 0.6) is 0 Å². The molecule has 2 nitrogen and oxygen atoms in total. The number of hydrogen-bond donors (Lipinski definition) is 0. The average molecular weight is 199 g/mol. The minimum Gasteiger partial charge on any atom is -0.380 e. The molecule has 1 aliphatic carbocycles. The Morgan fingerprint density at radius 2 is 2.07 bits per heavy atom. The lowest BCUT2D eigenvalue weighted by atomic mass is 9.91. The third-order valence-electron chi connectivity index (χ3n) is 4.04. The van der Waals surface area contributed by atoms with Gasteiger partial charge in [-0.05, 0) is 38.6 Å². The smallest absolute Gasteiger partial charge is 0.0701 e. The summed E-state index contributed by atoms with van der Waals surface area (Å²) in [5.41, 5.74) is 0. The normalized spacial score (nSPS) is 39.2. The molecule has 0 aromatic rings. The first kappa shape index (κ1) is 12.0. The van der Waals surface area contributed by atoms with Crippen LogP contribution >= 0.6 is 0 Å². The predicted octanol–water partition coefficient (Wildman–Crippen LogP) is 2.39. The summed E-state index contributed by atoms with van der Waals surface area (Å²) in [6.45, 7) is 3.50. The quantitative estimate of drug-likeness (QED) is 0.677. The van der Waals surface area contributed by atoms with Crippen molar-refractivity contribution in [2.45, 2.75) is 45.8 Å². The number of ether oxygens (including phenoxy) is 1. The van der Waals surface area contributed by atoms with Crippen molar-refractivity contribution in [3.8, 4) is 0 Å². The highest BCUT2D eigenvalue weighted by Gasteiger charge is 2.44. The number of nitrogens with zero attached hydrogens (tertiary/aromatic N) is 1. The maximum atomic E-state index is 5.47.